The maximum Gasteiger partial charge on any atom is 0.227 e. The van der Waals surface area contributed by atoms with Gasteiger partial charge in [0.05, 0.1) is 0 Å². The third-order valence-corrected chi connectivity index (χ3v) is 9.71. The zero-order chi connectivity index (χ0) is 31.5. The number of hydrogen-bond acceptors (Lipinski definition) is 3. The van der Waals surface area contributed by atoms with Crippen molar-refractivity contribution in [2.24, 2.45) is 0 Å². The first-order valence-electron chi connectivity index (χ1n) is 16.1. The zero-order valence-corrected chi connectivity index (χ0v) is 26.3. The number of aromatic nitrogens is 1. The molecule has 3 nitrogen and oxygen atoms in total. The highest BCUT2D eigenvalue weighted by Crippen LogP contribution is 2.50. The molecular weight excluding hydrogens is 572 g/mol. The van der Waals surface area contributed by atoms with Gasteiger partial charge in [-0.2, -0.15) is 0 Å². The van der Waals surface area contributed by atoms with E-state index in [2.05, 4.69) is 158 Å². The fraction of sp³-hybridized carbons (Fsp3) is 0.0682. The molecule has 8 aromatic rings. The van der Waals surface area contributed by atoms with Crippen molar-refractivity contribution in [3.05, 3.63) is 169 Å². The van der Waals surface area contributed by atoms with Gasteiger partial charge >= 0.3 is 0 Å². The number of oxazole rings is 1. The topological polar surface area (TPSA) is 29.3 Å². The van der Waals surface area contributed by atoms with Gasteiger partial charge in [0.2, 0.25) is 5.89 Å². The molecule has 7 aromatic carbocycles. The lowest BCUT2D eigenvalue weighted by Gasteiger charge is -2.28. The predicted molar refractivity (Wildman–Crippen MR) is 195 cm³/mol. The third kappa shape index (κ3) is 4.46. The van der Waals surface area contributed by atoms with E-state index in [4.69, 9.17) is 9.40 Å². The van der Waals surface area contributed by atoms with Crippen molar-refractivity contribution >= 4 is 38.9 Å². The quantitative estimate of drug-likeness (QED) is 0.196. The van der Waals surface area contributed by atoms with Crippen LogP contribution in [0.25, 0.3) is 55.6 Å². The summed E-state index contributed by atoms with van der Waals surface area (Å²) >= 11 is 0. The lowest BCUT2D eigenvalue weighted by molar-refractivity contribution is 0.623. The summed E-state index contributed by atoms with van der Waals surface area (Å²) in [5.74, 6) is 0.624. The van der Waals surface area contributed by atoms with E-state index in [0.717, 1.165) is 44.5 Å². The van der Waals surface area contributed by atoms with E-state index in [1.807, 2.05) is 18.2 Å². The summed E-state index contributed by atoms with van der Waals surface area (Å²) in [6, 6.07) is 56.1. The third-order valence-electron chi connectivity index (χ3n) is 9.71. The molecule has 1 aromatic heterocycles. The smallest absolute Gasteiger partial charge is 0.227 e. The molecular formula is C44H32N2O. The van der Waals surface area contributed by atoms with Gasteiger partial charge in [-0.05, 0) is 93.4 Å². The molecule has 1 aliphatic rings. The highest BCUT2D eigenvalue weighted by atomic mass is 16.3. The maximum absolute atomic E-state index is 6.37. The number of benzene rings is 7. The van der Waals surface area contributed by atoms with Crippen molar-refractivity contribution in [1.29, 1.82) is 0 Å². The van der Waals surface area contributed by atoms with Crippen LogP contribution in [0.4, 0.5) is 17.1 Å². The Hall–Kier alpha value is -5.93. The molecule has 3 heteroatoms. The SMILES string of the molecule is CC1(C)c2ccccc2-c2ccc(N(c3ccc(-c4ccccc4)cc3)c3ccc(-c4nc5ccc6ccccc6c5o4)cc3)cc21. The van der Waals surface area contributed by atoms with Crippen molar-refractivity contribution in [3.8, 4) is 33.7 Å². The number of hydrogen-bond donors (Lipinski definition) is 0. The second kappa shape index (κ2) is 10.6. The molecule has 0 saturated carbocycles. The van der Waals surface area contributed by atoms with Crippen LogP contribution in [0.15, 0.2) is 162 Å². The predicted octanol–water partition coefficient (Wildman–Crippen LogP) is 12.1. The monoisotopic (exact) mass is 604 g/mol. The molecule has 224 valence electrons. The molecule has 0 N–H and O–H groups in total. The van der Waals surface area contributed by atoms with Gasteiger partial charge in [-0.15, -0.1) is 0 Å². The Morgan fingerprint density at radius 1 is 0.511 bits per heavy atom. The Balaban J connectivity index is 1.14. The van der Waals surface area contributed by atoms with Gasteiger partial charge in [-0.25, -0.2) is 4.98 Å². The number of rotatable bonds is 5. The van der Waals surface area contributed by atoms with Crippen LogP contribution in [0.1, 0.15) is 25.0 Å². The first-order valence-corrected chi connectivity index (χ1v) is 16.1. The van der Waals surface area contributed by atoms with E-state index in [9.17, 15) is 0 Å². The van der Waals surface area contributed by atoms with E-state index >= 15 is 0 Å². The standard InChI is InChI=1S/C44H32N2O/c1-44(2)39-15-9-8-14-37(39)38-26-25-35(28-40(38)44)46(33-21-16-30(17-22-33)29-10-4-3-5-11-29)34-23-18-32(19-24-34)43-45-41-27-20-31-12-6-7-13-36(31)42(41)47-43/h3-28H,1-2H3. The molecule has 0 fully saturated rings. The van der Waals surface area contributed by atoms with Gasteiger partial charge in [-0.1, -0.05) is 117 Å². The van der Waals surface area contributed by atoms with Crippen LogP contribution >= 0.6 is 0 Å². The zero-order valence-electron chi connectivity index (χ0n) is 26.3. The Morgan fingerprint density at radius 3 is 1.91 bits per heavy atom. The van der Waals surface area contributed by atoms with Gasteiger partial charge in [0.25, 0.3) is 0 Å². The lowest BCUT2D eigenvalue weighted by Crippen LogP contribution is -2.16. The molecule has 0 bridgehead atoms. The molecule has 0 unspecified atom stereocenters. The Kier molecular flexibility index (Phi) is 6.16. The number of nitrogens with zero attached hydrogens (tertiary/aromatic N) is 2. The summed E-state index contributed by atoms with van der Waals surface area (Å²) in [7, 11) is 0. The van der Waals surface area contributed by atoms with Crippen molar-refractivity contribution in [2.75, 3.05) is 4.90 Å². The van der Waals surface area contributed by atoms with Crippen molar-refractivity contribution in [2.45, 2.75) is 19.3 Å². The second-order valence-corrected chi connectivity index (χ2v) is 12.8. The average Bonchev–Trinajstić information content (AvgIpc) is 3.67. The molecule has 47 heavy (non-hydrogen) atoms. The highest BCUT2D eigenvalue weighted by Gasteiger charge is 2.35. The van der Waals surface area contributed by atoms with Crippen molar-refractivity contribution in [3.63, 3.8) is 0 Å². The minimum absolute atomic E-state index is 0.0915. The Bertz CT molecular complexity index is 2420. The molecule has 0 aliphatic heterocycles. The molecule has 1 aliphatic carbocycles. The van der Waals surface area contributed by atoms with Crippen molar-refractivity contribution in [1.82, 2.24) is 4.98 Å². The normalized spacial score (nSPS) is 13.1. The molecule has 0 atom stereocenters. The first kappa shape index (κ1) is 27.4. The van der Waals surface area contributed by atoms with Crippen LogP contribution in [0.3, 0.4) is 0 Å². The van der Waals surface area contributed by atoms with E-state index in [1.165, 1.54) is 33.4 Å². The molecule has 9 rings (SSSR count). The fourth-order valence-electron chi connectivity index (χ4n) is 7.24. The number of fused-ring (bicyclic) bond motifs is 6. The summed E-state index contributed by atoms with van der Waals surface area (Å²) in [4.78, 5) is 7.20. The van der Waals surface area contributed by atoms with Crippen molar-refractivity contribution < 1.29 is 4.42 Å². The largest absolute Gasteiger partial charge is 0.435 e. The van der Waals surface area contributed by atoms with E-state index in [0.29, 0.717) is 5.89 Å². The average molecular weight is 605 g/mol. The maximum atomic E-state index is 6.37. The van der Waals surface area contributed by atoms with Gasteiger partial charge in [0, 0.05) is 33.4 Å². The molecule has 0 amide bonds. The molecule has 0 saturated heterocycles. The lowest BCUT2D eigenvalue weighted by atomic mass is 9.82. The van der Waals surface area contributed by atoms with E-state index in [-0.39, 0.29) is 5.41 Å². The van der Waals surface area contributed by atoms with Gasteiger partial charge in [0.15, 0.2) is 5.58 Å². The first-order chi connectivity index (χ1) is 23.0. The van der Waals surface area contributed by atoms with E-state index < -0.39 is 0 Å². The second-order valence-electron chi connectivity index (χ2n) is 12.8. The van der Waals surface area contributed by atoms with Gasteiger partial charge in [-0.3, -0.25) is 0 Å². The fourth-order valence-corrected chi connectivity index (χ4v) is 7.24. The van der Waals surface area contributed by atoms with Crippen LogP contribution in [-0.2, 0) is 5.41 Å². The van der Waals surface area contributed by atoms with Gasteiger partial charge in [0.1, 0.15) is 5.52 Å². The van der Waals surface area contributed by atoms with E-state index in [1.54, 1.807) is 0 Å². The van der Waals surface area contributed by atoms with Crippen LogP contribution in [0.2, 0.25) is 0 Å². The molecule has 1 heterocycles. The molecule has 0 spiro atoms. The van der Waals surface area contributed by atoms with Crippen LogP contribution in [0, 0.1) is 0 Å². The summed E-state index contributed by atoms with van der Waals surface area (Å²) in [5, 5.41) is 2.22. The summed E-state index contributed by atoms with van der Waals surface area (Å²) in [6.45, 7) is 4.66. The van der Waals surface area contributed by atoms with Gasteiger partial charge < -0.3 is 9.32 Å². The Labute approximate surface area is 274 Å². The molecule has 0 radical (unpaired) electrons. The summed E-state index contributed by atoms with van der Waals surface area (Å²) in [6.07, 6.45) is 0. The minimum Gasteiger partial charge on any atom is -0.435 e. The van der Waals surface area contributed by atoms with Crippen LogP contribution < -0.4 is 4.90 Å². The summed E-state index contributed by atoms with van der Waals surface area (Å²) < 4.78 is 6.37. The Morgan fingerprint density at radius 2 is 1.13 bits per heavy atom. The number of anilines is 3. The summed E-state index contributed by atoms with van der Waals surface area (Å²) in [5.41, 5.74) is 13.6. The highest BCUT2D eigenvalue weighted by molar-refractivity contribution is 6.03. The van der Waals surface area contributed by atoms with Crippen LogP contribution in [0.5, 0.6) is 0 Å². The van der Waals surface area contributed by atoms with Crippen LogP contribution in [-0.4, -0.2) is 4.98 Å². The minimum atomic E-state index is -0.0915.